The van der Waals surface area contributed by atoms with Gasteiger partial charge in [0.25, 0.3) is 0 Å². The van der Waals surface area contributed by atoms with Gasteiger partial charge in [-0.1, -0.05) is 93.6 Å². The average molecular weight is 678 g/mol. The highest BCUT2D eigenvalue weighted by Crippen LogP contribution is 2.43. The Balaban J connectivity index is 1.19. The molecular formula is C41H47N3O6. The molecule has 3 aliphatic heterocycles. The van der Waals surface area contributed by atoms with Gasteiger partial charge >= 0.3 is 12.1 Å². The molecule has 9 nitrogen and oxygen atoms in total. The zero-order valence-corrected chi connectivity index (χ0v) is 29.2. The van der Waals surface area contributed by atoms with Crippen molar-refractivity contribution in [3.63, 3.8) is 0 Å². The molecule has 1 aliphatic carbocycles. The van der Waals surface area contributed by atoms with Gasteiger partial charge in [-0.15, -0.1) is 0 Å². The molecule has 262 valence electrons. The third-order valence-corrected chi connectivity index (χ3v) is 11.5. The van der Waals surface area contributed by atoms with Crippen LogP contribution in [0.25, 0.3) is 0 Å². The van der Waals surface area contributed by atoms with Gasteiger partial charge in [0.05, 0.1) is 11.7 Å². The van der Waals surface area contributed by atoms with Crippen LogP contribution in [0.3, 0.4) is 0 Å². The van der Waals surface area contributed by atoms with Crippen molar-refractivity contribution in [2.75, 3.05) is 4.90 Å². The zero-order valence-electron chi connectivity index (χ0n) is 29.2. The van der Waals surface area contributed by atoms with Crippen molar-refractivity contribution < 1.29 is 29.0 Å². The van der Waals surface area contributed by atoms with E-state index in [4.69, 9.17) is 4.74 Å². The second-order valence-electron chi connectivity index (χ2n) is 15.5. The number of para-hydroxylation sites is 1. The number of likely N-dealkylation sites (tertiary alicyclic amines) is 1. The number of carboxylic acids is 1. The molecule has 3 aromatic rings. The summed E-state index contributed by atoms with van der Waals surface area (Å²) in [6.07, 6.45) is 4.19. The van der Waals surface area contributed by atoms with E-state index < -0.39 is 36.2 Å². The Morgan fingerprint density at radius 1 is 0.680 bits per heavy atom. The topological polar surface area (TPSA) is 107 Å². The van der Waals surface area contributed by atoms with Crippen molar-refractivity contribution in [3.05, 3.63) is 101 Å². The number of rotatable bonds is 5. The van der Waals surface area contributed by atoms with Gasteiger partial charge in [0.2, 0.25) is 11.8 Å². The zero-order chi connectivity index (χ0) is 35.2. The molecule has 1 N–H and O–H groups in total. The number of carbonyl (C=O) groups excluding carboxylic acids is 3. The minimum Gasteiger partial charge on any atom is -0.480 e. The van der Waals surface area contributed by atoms with Crippen LogP contribution >= 0.6 is 0 Å². The van der Waals surface area contributed by atoms with Gasteiger partial charge in [0.1, 0.15) is 24.2 Å². The number of benzene rings is 3. The lowest BCUT2D eigenvalue weighted by Crippen LogP contribution is -2.58. The molecule has 0 spiro atoms. The van der Waals surface area contributed by atoms with Gasteiger partial charge in [-0.2, -0.15) is 0 Å². The van der Waals surface area contributed by atoms with E-state index in [2.05, 4.69) is 20.8 Å². The van der Waals surface area contributed by atoms with E-state index in [1.165, 1.54) is 9.80 Å². The lowest BCUT2D eigenvalue weighted by molar-refractivity contribution is -0.155. The molecule has 1 saturated carbocycles. The molecule has 9 heteroatoms. The molecule has 3 amide bonds. The summed E-state index contributed by atoms with van der Waals surface area (Å²) >= 11 is 0. The molecule has 0 aromatic heterocycles. The number of hydrogen-bond acceptors (Lipinski definition) is 5. The molecule has 3 heterocycles. The van der Waals surface area contributed by atoms with Crippen LogP contribution in [0.4, 0.5) is 10.5 Å². The van der Waals surface area contributed by atoms with Gasteiger partial charge in [-0.05, 0) is 78.2 Å². The van der Waals surface area contributed by atoms with E-state index in [0.29, 0.717) is 30.9 Å². The maximum Gasteiger partial charge on any atom is 0.415 e. The summed E-state index contributed by atoms with van der Waals surface area (Å²) in [5.74, 6) is -1.21. The number of fused-ring (bicyclic) bond motifs is 2. The van der Waals surface area contributed by atoms with Gasteiger partial charge in [0, 0.05) is 19.4 Å². The summed E-state index contributed by atoms with van der Waals surface area (Å²) in [4.78, 5) is 60.9. The molecule has 1 saturated heterocycles. The quantitative estimate of drug-likeness (QED) is 0.314. The molecule has 3 aromatic carbocycles. The number of hydrogen-bond donors (Lipinski definition) is 1. The molecule has 0 radical (unpaired) electrons. The Labute approximate surface area is 294 Å². The first-order chi connectivity index (χ1) is 24.0. The first-order valence-electron chi connectivity index (χ1n) is 18.1. The average Bonchev–Trinajstić information content (AvgIpc) is 3.73. The summed E-state index contributed by atoms with van der Waals surface area (Å²) < 4.78 is 6.17. The van der Waals surface area contributed by atoms with Crippen LogP contribution in [0, 0.1) is 11.3 Å². The molecule has 50 heavy (non-hydrogen) atoms. The number of carbonyl (C=O) groups is 4. The van der Waals surface area contributed by atoms with Crippen LogP contribution in [-0.2, 0) is 38.5 Å². The van der Waals surface area contributed by atoms with Crippen molar-refractivity contribution in [1.29, 1.82) is 0 Å². The smallest absolute Gasteiger partial charge is 0.415 e. The summed E-state index contributed by atoms with van der Waals surface area (Å²) in [5.41, 5.74) is 4.43. The molecule has 2 fully saturated rings. The molecule has 1 unspecified atom stereocenters. The fraction of sp³-hybridized carbons (Fsp3) is 0.463. The van der Waals surface area contributed by atoms with E-state index >= 15 is 4.79 Å². The number of carboxylic acid groups (broad SMARTS) is 1. The second-order valence-corrected chi connectivity index (χ2v) is 15.5. The van der Waals surface area contributed by atoms with Crippen molar-refractivity contribution >= 4 is 29.6 Å². The number of ether oxygens (including phenoxy) is 1. The van der Waals surface area contributed by atoms with Crippen LogP contribution in [0.2, 0.25) is 0 Å². The monoisotopic (exact) mass is 677 g/mol. The largest absolute Gasteiger partial charge is 0.480 e. The molecule has 4 atom stereocenters. The van der Waals surface area contributed by atoms with Crippen molar-refractivity contribution in [3.8, 4) is 0 Å². The Morgan fingerprint density at radius 3 is 1.98 bits per heavy atom. The normalized spacial score (nSPS) is 26.3. The lowest BCUT2D eigenvalue weighted by Gasteiger charge is -2.40. The Hall–Kier alpha value is -4.66. The summed E-state index contributed by atoms with van der Waals surface area (Å²) in [5, 5.41) is 10.3. The minimum atomic E-state index is -1.07. The van der Waals surface area contributed by atoms with Crippen LogP contribution in [0.15, 0.2) is 78.9 Å². The summed E-state index contributed by atoms with van der Waals surface area (Å²) in [7, 11) is 0. The van der Waals surface area contributed by atoms with Crippen molar-refractivity contribution in [2.45, 2.75) is 109 Å². The minimum absolute atomic E-state index is 0.158. The van der Waals surface area contributed by atoms with Crippen molar-refractivity contribution in [2.24, 2.45) is 11.3 Å². The molecule has 4 aliphatic rings. The fourth-order valence-electron chi connectivity index (χ4n) is 8.76. The molecule has 7 rings (SSSR count). The number of anilines is 1. The van der Waals surface area contributed by atoms with E-state index in [9.17, 15) is 19.5 Å². The highest BCUT2D eigenvalue weighted by atomic mass is 16.6. The number of nitrogens with zero attached hydrogens (tertiary/aromatic N) is 3. The maximum atomic E-state index is 15.1. The van der Waals surface area contributed by atoms with E-state index in [-0.39, 0.29) is 36.3 Å². The molecular weight excluding hydrogens is 630 g/mol. The van der Waals surface area contributed by atoms with Crippen LogP contribution in [0.5, 0.6) is 0 Å². The first-order valence-corrected chi connectivity index (χ1v) is 18.1. The predicted molar refractivity (Wildman–Crippen MR) is 189 cm³/mol. The second kappa shape index (κ2) is 13.6. The highest BCUT2D eigenvalue weighted by molar-refractivity contribution is 6.02. The molecule has 0 bridgehead atoms. The summed E-state index contributed by atoms with van der Waals surface area (Å²) in [6, 6.07) is 21.6. The van der Waals surface area contributed by atoms with Crippen LogP contribution in [0.1, 0.15) is 87.6 Å². The van der Waals surface area contributed by atoms with Crippen LogP contribution in [-0.4, -0.2) is 63.0 Å². The Morgan fingerprint density at radius 2 is 1.30 bits per heavy atom. The Kier molecular flexibility index (Phi) is 9.18. The van der Waals surface area contributed by atoms with E-state index in [0.717, 1.165) is 47.9 Å². The predicted octanol–water partition coefficient (Wildman–Crippen LogP) is 6.93. The Bertz CT molecular complexity index is 1760. The highest BCUT2D eigenvalue weighted by Gasteiger charge is 2.51. The van der Waals surface area contributed by atoms with Gasteiger partial charge in [-0.3, -0.25) is 14.5 Å². The van der Waals surface area contributed by atoms with Crippen molar-refractivity contribution in [1.82, 2.24) is 9.80 Å². The standard InChI is InChI=1S/C41H47N3O6/c1-41(2,3)30-17-19-31(20-18-30)50-40(49)44-32-16-10-9-14-28(32)24-35(44)38(46)43-33(26-11-5-4-6-12-26)21-22-34(43)37(45)42-25-29-15-8-7-13-27(29)23-36(42)39(47)48/h4-16,30-31,33-36H,17-25H2,1-3H3,(H,47,48)/t30?,31?,33-,34+,35+,36?/m0/s1. The van der Waals surface area contributed by atoms with Crippen LogP contribution < -0.4 is 4.90 Å². The van der Waals surface area contributed by atoms with Gasteiger partial charge in [-0.25, -0.2) is 9.59 Å². The fourth-order valence-corrected chi connectivity index (χ4v) is 8.76. The van der Waals surface area contributed by atoms with E-state index in [1.807, 2.05) is 78.9 Å². The number of amides is 3. The van der Waals surface area contributed by atoms with Gasteiger partial charge in [0.15, 0.2) is 0 Å². The third kappa shape index (κ3) is 6.38. The van der Waals surface area contributed by atoms with E-state index in [1.54, 1.807) is 4.90 Å². The lowest BCUT2D eigenvalue weighted by atomic mass is 9.72. The number of aliphatic carboxylic acids is 1. The summed E-state index contributed by atoms with van der Waals surface area (Å²) in [6.45, 7) is 6.93. The first kappa shape index (κ1) is 33.8. The third-order valence-electron chi connectivity index (χ3n) is 11.5. The SMILES string of the molecule is CC(C)(C)C1CCC(OC(=O)N2c3ccccc3C[C@@H]2C(=O)N2[C@@H](C(=O)N3Cc4ccccc4CC3C(=O)O)CC[C@H]2c2ccccc2)CC1. The van der Waals surface area contributed by atoms with Gasteiger partial charge < -0.3 is 19.6 Å². The maximum absolute atomic E-state index is 15.1.